The number of amides is 2. The molecule has 0 unspecified atom stereocenters. The first-order valence-corrected chi connectivity index (χ1v) is 7.47. The van der Waals surface area contributed by atoms with Gasteiger partial charge in [-0.2, -0.15) is 5.26 Å². The molecule has 1 saturated heterocycles. The van der Waals surface area contributed by atoms with Crippen LogP contribution in [-0.2, 0) is 11.3 Å². The van der Waals surface area contributed by atoms with Gasteiger partial charge in [-0.3, -0.25) is 0 Å². The van der Waals surface area contributed by atoms with E-state index in [2.05, 4.69) is 18.0 Å². The van der Waals surface area contributed by atoms with Gasteiger partial charge in [0.1, 0.15) is 0 Å². The fraction of sp³-hybridized carbons (Fsp3) is 0.412. The smallest absolute Gasteiger partial charge is 0.318 e. The lowest BCUT2D eigenvalue weighted by atomic mass is 10.1. The number of urea groups is 1. The van der Waals surface area contributed by atoms with Crippen molar-refractivity contribution in [3.63, 3.8) is 0 Å². The molecule has 1 N–H and O–H groups in total. The molecule has 5 heteroatoms. The third-order valence-electron chi connectivity index (χ3n) is 3.57. The highest BCUT2D eigenvalue weighted by molar-refractivity contribution is 5.74. The second-order valence-electron chi connectivity index (χ2n) is 5.30. The van der Waals surface area contributed by atoms with Crippen LogP contribution >= 0.6 is 0 Å². The van der Waals surface area contributed by atoms with Gasteiger partial charge in [0.05, 0.1) is 17.7 Å². The van der Waals surface area contributed by atoms with Crippen molar-refractivity contribution in [2.24, 2.45) is 0 Å². The minimum Gasteiger partial charge on any atom is -0.376 e. The molecule has 116 valence electrons. The van der Waals surface area contributed by atoms with E-state index in [1.165, 1.54) is 0 Å². The van der Waals surface area contributed by atoms with Crippen molar-refractivity contribution in [1.82, 2.24) is 10.2 Å². The van der Waals surface area contributed by atoms with Crippen LogP contribution in [0.1, 0.15) is 24.0 Å². The zero-order chi connectivity index (χ0) is 15.8. The Morgan fingerprint density at radius 1 is 1.59 bits per heavy atom. The van der Waals surface area contributed by atoms with Crippen LogP contribution in [0.25, 0.3) is 0 Å². The maximum atomic E-state index is 12.3. The van der Waals surface area contributed by atoms with Crippen LogP contribution in [0.2, 0.25) is 0 Å². The predicted octanol–water partition coefficient (Wildman–Crippen LogP) is 2.43. The molecule has 1 aromatic rings. The first-order valence-electron chi connectivity index (χ1n) is 7.47. The number of benzene rings is 1. The van der Waals surface area contributed by atoms with Crippen LogP contribution in [0.5, 0.6) is 0 Å². The first kappa shape index (κ1) is 16.1. The molecule has 1 aliphatic heterocycles. The quantitative estimate of drug-likeness (QED) is 0.820. The number of ether oxygens (including phenoxy) is 1. The Kier molecular flexibility index (Phi) is 5.99. The number of carbonyl (C=O) groups excluding carboxylic acids is 1. The molecular formula is C17H21N3O2. The number of carbonyl (C=O) groups is 1. The third-order valence-corrected chi connectivity index (χ3v) is 3.57. The highest BCUT2D eigenvalue weighted by Crippen LogP contribution is 2.11. The van der Waals surface area contributed by atoms with Gasteiger partial charge < -0.3 is 15.0 Å². The van der Waals surface area contributed by atoms with Crippen LogP contribution in [-0.4, -0.2) is 36.7 Å². The lowest BCUT2D eigenvalue weighted by Gasteiger charge is -2.23. The number of rotatable bonds is 6. The molecule has 2 amide bonds. The maximum Gasteiger partial charge on any atom is 0.318 e. The molecule has 0 aromatic heterocycles. The standard InChI is InChI=1S/C17H21N3O2/c1-2-8-20(13-15-6-3-5-14(10-15)11-18)17(21)19-12-16-7-4-9-22-16/h2-3,5-6,10,16H,1,4,7-9,12-13H2,(H,19,21)/t16-/m0/s1. The largest absolute Gasteiger partial charge is 0.376 e. The van der Waals surface area contributed by atoms with Gasteiger partial charge in [-0.05, 0) is 30.5 Å². The summed E-state index contributed by atoms with van der Waals surface area (Å²) < 4.78 is 5.50. The van der Waals surface area contributed by atoms with Crippen LogP contribution in [0.15, 0.2) is 36.9 Å². The maximum absolute atomic E-state index is 12.3. The molecule has 0 spiro atoms. The summed E-state index contributed by atoms with van der Waals surface area (Å²) in [6.07, 6.45) is 3.86. The van der Waals surface area contributed by atoms with E-state index >= 15 is 0 Å². The Morgan fingerprint density at radius 2 is 2.45 bits per heavy atom. The van der Waals surface area contributed by atoms with E-state index in [1.54, 1.807) is 23.1 Å². The molecule has 0 radical (unpaired) electrons. The number of hydrogen-bond acceptors (Lipinski definition) is 3. The molecule has 2 rings (SSSR count). The van der Waals surface area contributed by atoms with E-state index in [0.717, 1.165) is 25.0 Å². The second-order valence-corrected chi connectivity index (χ2v) is 5.30. The number of nitrogens with zero attached hydrogens (tertiary/aromatic N) is 2. The highest BCUT2D eigenvalue weighted by Gasteiger charge is 2.18. The van der Waals surface area contributed by atoms with E-state index in [4.69, 9.17) is 10.00 Å². The van der Waals surface area contributed by atoms with Gasteiger partial charge >= 0.3 is 6.03 Å². The SMILES string of the molecule is C=CCN(Cc1cccc(C#N)c1)C(=O)NC[C@@H]1CCCO1. The number of hydrogen-bond donors (Lipinski definition) is 1. The fourth-order valence-corrected chi connectivity index (χ4v) is 2.45. The Bertz CT molecular complexity index is 559. The van der Waals surface area contributed by atoms with Crippen molar-refractivity contribution in [3.05, 3.63) is 48.0 Å². The van der Waals surface area contributed by atoms with Crippen molar-refractivity contribution in [2.45, 2.75) is 25.5 Å². The van der Waals surface area contributed by atoms with Gasteiger partial charge in [-0.25, -0.2) is 4.79 Å². The van der Waals surface area contributed by atoms with Gasteiger partial charge in [0.15, 0.2) is 0 Å². The van der Waals surface area contributed by atoms with E-state index in [1.807, 2.05) is 12.1 Å². The monoisotopic (exact) mass is 299 g/mol. The molecule has 5 nitrogen and oxygen atoms in total. The summed E-state index contributed by atoms with van der Waals surface area (Å²) in [6.45, 7) is 5.90. The molecular weight excluding hydrogens is 278 g/mol. The van der Waals surface area contributed by atoms with Crippen molar-refractivity contribution in [2.75, 3.05) is 19.7 Å². The normalized spacial score (nSPS) is 16.8. The molecule has 0 aliphatic carbocycles. The molecule has 22 heavy (non-hydrogen) atoms. The molecule has 1 fully saturated rings. The Labute approximate surface area is 131 Å². The lowest BCUT2D eigenvalue weighted by Crippen LogP contribution is -2.42. The Balaban J connectivity index is 1.94. The number of nitriles is 1. The van der Waals surface area contributed by atoms with E-state index in [9.17, 15) is 4.79 Å². The summed E-state index contributed by atoms with van der Waals surface area (Å²) in [7, 11) is 0. The molecule has 1 aromatic carbocycles. The van der Waals surface area contributed by atoms with Crippen LogP contribution in [0.4, 0.5) is 4.79 Å². The third kappa shape index (κ3) is 4.61. The van der Waals surface area contributed by atoms with Crippen molar-refractivity contribution in [3.8, 4) is 6.07 Å². The molecule has 1 heterocycles. The van der Waals surface area contributed by atoms with Crippen molar-refractivity contribution >= 4 is 6.03 Å². The summed E-state index contributed by atoms with van der Waals surface area (Å²) in [6, 6.07) is 9.24. The minimum absolute atomic E-state index is 0.122. The number of nitrogens with one attached hydrogen (secondary N) is 1. The first-order chi connectivity index (χ1) is 10.7. The fourth-order valence-electron chi connectivity index (χ4n) is 2.45. The Hall–Kier alpha value is -2.32. The van der Waals surface area contributed by atoms with Crippen LogP contribution in [0.3, 0.4) is 0 Å². The average molecular weight is 299 g/mol. The Morgan fingerprint density at radius 3 is 3.14 bits per heavy atom. The van der Waals surface area contributed by atoms with E-state index in [0.29, 0.717) is 25.2 Å². The summed E-state index contributed by atoms with van der Waals surface area (Å²) in [4.78, 5) is 14.0. The summed E-state index contributed by atoms with van der Waals surface area (Å²) in [5, 5.41) is 11.8. The van der Waals surface area contributed by atoms with Gasteiger partial charge in [0.25, 0.3) is 0 Å². The summed E-state index contributed by atoms with van der Waals surface area (Å²) >= 11 is 0. The summed E-state index contributed by atoms with van der Waals surface area (Å²) in [5.74, 6) is 0. The van der Waals surface area contributed by atoms with Crippen LogP contribution < -0.4 is 5.32 Å². The molecule has 1 aliphatic rings. The van der Waals surface area contributed by atoms with Crippen LogP contribution in [0, 0.1) is 11.3 Å². The topological polar surface area (TPSA) is 65.4 Å². The van der Waals surface area contributed by atoms with Gasteiger partial charge in [-0.15, -0.1) is 6.58 Å². The zero-order valence-corrected chi connectivity index (χ0v) is 12.6. The highest BCUT2D eigenvalue weighted by atomic mass is 16.5. The zero-order valence-electron chi connectivity index (χ0n) is 12.6. The van der Waals surface area contributed by atoms with Crippen molar-refractivity contribution < 1.29 is 9.53 Å². The minimum atomic E-state index is -0.141. The van der Waals surface area contributed by atoms with E-state index < -0.39 is 0 Å². The second kappa shape index (κ2) is 8.20. The average Bonchev–Trinajstić information content (AvgIpc) is 3.06. The lowest BCUT2D eigenvalue weighted by molar-refractivity contribution is 0.109. The molecule has 0 saturated carbocycles. The van der Waals surface area contributed by atoms with E-state index in [-0.39, 0.29) is 12.1 Å². The molecule has 0 bridgehead atoms. The summed E-state index contributed by atoms with van der Waals surface area (Å²) in [5.41, 5.74) is 1.52. The predicted molar refractivity (Wildman–Crippen MR) is 84.1 cm³/mol. The van der Waals surface area contributed by atoms with Gasteiger partial charge in [-0.1, -0.05) is 18.2 Å². The molecule has 1 atom stereocenters. The van der Waals surface area contributed by atoms with Crippen molar-refractivity contribution in [1.29, 1.82) is 5.26 Å². The van der Waals surface area contributed by atoms with Gasteiger partial charge in [0, 0.05) is 26.2 Å². The van der Waals surface area contributed by atoms with Gasteiger partial charge in [0.2, 0.25) is 0 Å².